The van der Waals surface area contributed by atoms with Crippen LogP contribution in [0.4, 0.5) is 0 Å². The molecule has 2 heterocycles. The summed E-state index contributed by atoms with van der Waals surface area (Å²) >= 11 is 0. The molecule has 0 radical (unpaired) electrons. The molecule has 0 bridgehead atoms. The topological polar surface area (TPSA) is 3.24 Å². The van der Waals surface area contributed by atoms with E-state index in [1.165, 1.54) is 19.0 Å². The zero-order chi connectivity index (χ0) is 9.76. The number of hydrogen-bond acceptors (Lipinski definition) is 1. The van der Waals surface area contributed by atoms with Gasteiger partial charge in [-0.3, -0.25) is 0 Å². The lowest BCUT2D eigenvalue weighted by Crippen LogP contribution is -2.17. The van der Waals surface area contributed by atoms with Crippen LogP contribution in [0.15, 0.2) is 34.7 Å². The van der Waals surface area contributed by atoms with E-state index in [9.17, 15) is 0 Å². The standard InChI is InChI=1S/C12H17NSi/c1-13(2)8-5-9-14-10-6-3-4-7-11(14)12(10)14/h3-4,6-7,10H,5,8-9H2,1-2H3. The Hall–Kier alpha value is -0.603. The van der Waals surface area contributed by atoms with Crippen molar-refractivity contribution < 1.29 is 0 Å². The second-order valence-corrected chi connectivity index (χ2v) is 9.07. The first-order chi connectivity index (χ1) is 6.77. The lowest BCUT2D eigenvalue weighted by Gasteiger charge is -2.11. The highest BCUT2D eigenvalue weighted by atomic mass is 28.3. The maximum absolute atomic E-state index is 2.43. The van der Waals surface area contributed by atoms with Crippen LogP contribution in [0.2, 0.25) is 11.6 Å². The zero-order valence-electron chi connectivity index (χ0n) is 8.96. The van der Waals surface area contributed by atoms with Crippen molar-refractivity contribution >= 4 is 8.07 Å². The minimum Gasteiger partial charge on any atom is -0.309 e. The Balaban J connectivity index is 1.59. The van der Waals surface area contributed by atoms with Gasteiger partial charge in [-0.05, 0) is 38.6 Å². The van der Waals surface area contributed by atoms with Gasteiger partial charge in [0.05, 0.1) is 0 Å². The molecule has 0 amide bonds. The average Bonchev–Trinajstić information content (AvgIpc) is 2.90. The molecule has 0 spiro atoms. The van der Waals surface area contributed by atoms with Gasteiger partial charge in [-0.15, -0.1) is 0 Å². The lowest BCUT2D eigenvalue weighted by molar-refractivity contribution is 0.408. The molecule has 14 heavy (non-hydrogen) atoms. The quantitative estimate of drug-likeness (QED) is 0.634. The molecule has 1 saturated heterocycles. The largest absolute Gasteiger partial charge is 0.309 e. The Morgan fingerprint density at radius 1 is 1.36 bits per heavy atom. The molecule has 1 nitrogen and oxygen atoms in total. The molecule has 0 saturated carbocycles. The van der Waals surface area contributed by atoms with Crippen molar-refractivity contribution in [3.8, 4) is 0 Å². The van der Waals surface area contributed by atoms with Gasteiger partial charge in [0, 0.05) is 0 Å². The molecule has 2 atom stereocenters. The molecule has 1 fully saturated rings. The molecular formula is C12H17NSi. The number of nitrogens with zero attached hydrogens (tertiary/aromatic N) is 1. The second kappa shape index (κ2) is 2.71. The smallest absolute Gasteiger partial charge is 0.123 e. The SMILES string of the molecule is CN(C)CCC[Si]12C3=C1C2C=CC=C3. The summed E-state index contributed by atoms with van der Waals surface area (Å²) in [5, 5.41) is 3.69. The van der Waals surface area contributed by atoms with Crippen molar-refractivity contribution in [1.29, 1.82) is 0 Å². The first kappa shape index (κ1) is 8.68. The van der Waals surface area contributed by atoms with Crippen molar-refractivity contribution in [3.05, 3.63) is 34.7 Å². The molecule has 0 aromatic rings. The predicted molar refractivity (Wildman–Crippen MR) is 62.8 cm³/mol. The van der Waals surface area contributed by atoms with Gasteiger partial charge in [-0.2, -0.15) is 0 Å². The van der Waals surface area contributed by atoms with Crippen LogP contribution < -0.4 is 0 Å². The van der Waals surface area contributed by atoms with Gasteiger partial charge in [-0.25, -0.2) is 0 Å². The minimum atomic E-state index is -0.871. The normalized spacial score (nSPS) is 36.1. The molecule has 0 aromatic heterocycles. The van der Waals surface area contributed by atoms with Gasteiger partial charge in [0.25, 0.3) is 0 Å². The molecule has 0 N–H and O–H groups in total. The highest BCUT2D eigenvalue weighted by Crippen LogP contribution is 2.76. The molecule has 74 valence electrons. The third kappa shape index (κ3) is 0.983. The number of rotatable bonds is 4. The zero-order valence-corrected chi connectivity index (χ0v) is 9.96. The van der Waals surface area contributed by atoms with Crippen LogP contribution in [0.3, 0.4) is 0 Å². The Bertz CT molecular complexity index is 365. The number of allylic oxidation sites excluding steroid dienone is 6. The van der Waals surface area contributed by atoms with Gasteiger partial charge in [0.15, 0.2) is 0 Å². The monoisotopic (exact) mass is 203 g/mol. The van der Waals surface area contributed by atoms with Crippen LogP contribution in [0.5, 0.6) is 0 Å². The van der Waals surface area contributed by atoms with E-state index in [0.717, 1.165) is 5.54 Å². The van der Waals surface area contributed by atoms with Crippen LogP contribution in [-0.2, 0) is 0 Å². The maximum Gasteiger partial charge on any atom is 0.123 e. The van der Waals surface area contributed by atoms with E-state index in [1.54, 1.807) is 5.20 Å². The summed E-state index contributed by atoms with van der Waals surface area (Å²) in [6.45, 7) is 1.26. The average molecular weight is 203 g/mol. The number of fused-ring (bicyclic) bond motifs is 2. The van der Waals surface area contributed by atoms with Crippen LogP contribution in [0.25, 0.3) is 0 Å². The maximum atomic E-state index is 2.43. The van der Waals surface area contributed by atoms with E-state index in [2.05, 4.69) is 43.3 Å². The van der Waals surface area contributed by atoms with Gasteiger partial charge in [0.1, 0.15) is 8.07 Å². The van der Waals surface area contributed by atoms with Crippen molar-refractivity contribution in [3.63, 3.8) is 0 Å². The lowest BCUT2D eigenvalue weighted by atomic mass is 10.4. The van der Waals surface area contributed by atoms with Gasteiger partial charge in [0.2, 0.25) is 0 Å². The van der Waals surface area contributed by atoms with E-state index in [-0.39, 0.29) is 0 Å². The first-order valence-corrected chi connectivity index (χ1v) is 7.80. The highest BCUT2D eigenvalue weighted by molar-refractivity contribution is 7.17. The van der Waals surface area contributed by atoms with Crippen molar-refractivity contribution in [2.24, 2.45) is 0 Å². The molecular weight excluding hydrogens is 186 g/mol. The Morgan fingerprint density at radius 2 is 2.21 bits per heavy atom. The van der Waals surface area contributed by atoms with Gasteiger partial charge in [-0.1, -0.05) is 34.7 Å². The highest BCUT2D eigenvalue weighted by Gasteiger charge is 2.75. The van der Waals surface area contributed by atoms with Crippen LogP contribution in [-0.4, -0.2) is 33.6 Å². The van der Waals surface area contributed by atoms with Crippen LogP contribution >= 0.6 is 0 Å². The van der Waals surface area contributed by atoms with E-state index >= 15 is 0 Å². The van der Waals surface area contributed by atoms with Gasteiger partial charge < -0.3 is 4.90 Å². The Morgan fingerprint density at radius 3 is 3.00 bits per heavy atom. The van der Waals surface area contributed by atoms with Gasteiger partial charge >= 0.3 is 0 Å². The van der Waals surface area contributed by atoms with Crippen molar-refractivity contribution in [1.82, 2.24) is 4.90 Å². The molecule has 0 aromatic carbocycles. The summed E-state index contributed by atoms with van der Waals surface area (Å²) in [5.74, 6) is 0. The Labute approximate surface area is 86.8 Å². The number of hydrogen-bond donors (Lipinski definition) is 0. The molecule has 3 aliphatic rings. The van der Waals surface area contributed by atoms with Crippen molar-refractivity contribution in [2.45, 2.75) is 18.0 Å². The van der Waals surface area contributed by atoms with E-state index in [0.29, 0.717) is 0 Å². The van der Waals surface area contributed by atoms with Crippen molar-refractivity contribution in [2.75, 3.05) is 20.6 Å². The van der Waals surface area contributed by atoms with E-state index < -0.39 is 8.07 Å². The second-order valence-electron chi connectivity index (χ2n) is 4.93. The molecule has 2 aliphatic heterocycles. The molecule has 2 heteroatoms. The minimum absolute atomic E-state index is 0.871. The summed E-state index contributed by atoms with van der Waals surface area (Å²) < 4.78 is 0. The summed E-state index contributed by atoms with van der Waals surface area (Å²) in [5.41, 5.74) is 0.967. The first-order valence-electron chi connectivity index (χ1n) is 5.51. The summed E-state index contributed by atoms with van der Waals surface area (Å²) in [7, 11) is 3.47. The van der Waals surface area contributed by atoms with Crippen LogP contribution in [0.1, 0.15) is 6.42 Å². The summed E-state index contributed by atoms with van der Waals surface area (Å²) in [4.78, 5) is 2.30. The van der Waals surface area contributed by atoms with Crippen LogP contribution in [0, 0.1) is 0 Å². The molecule has 2 unspecified atom stereocenters. The third-order valence-corrected chi connectivity index (χ3v) is 8.86. The fraction of sp³-hybridized carbons (Fsp3) is 0.500. The fourth-order valence-corrected chi connectivity index (χ4v) is 8.52. The third-order valence-electron chi connectivity index (χ3n) is 3.80. The fourth-order valence-electron chi connectivity index (χ4n) is 2.96. The summed E-state index contributed by atoms with van der Waals surface area (Å²) in [6, 6.07) is 1.51. The summed E-state index contributed by atoms with van der Waals surface area (Å²) in [6.07, 6.45) is 10.7. The molecule has 1 aliphatic carbocycles. The Kier molecular flexibility index (Phi) is 1.68. The van der Waals surface area contributed by atoms with E-state index in [1.807, 2.05) is 5.20 Å². The molecule has 3 rings (SSSR count). The predicted octanol–water partition coefficient (Wildman–Crippen LogP) is 2.29. The van der Waals surface area contributed by atoms with E-state index in [4.69, 9.17) is 0 Å².